The lowest BCUT2D eigenvalue weighted by Gasteiger charge is -2.32. The number of fused-ring (bicyclic) bond motifs is 1. The fourth-order valence-corrected chi connectivity index (χ4v) is 7.06. The quantitative estimate of drug-likeness (QED) is 0.123. The highest BCUT2D eigenvalue weighted by Gasteiger charge is 2.33. The molecule has 0 N–H and O–H groups in total. The molecule has 47 heavy (non-hydrogen) atoms. The maximum atomic E-state index is 12.8. The Morgan fingerprint density at radius 3 is 1.74 bits per heavy atom. The Hall–Kier alpha value is -2.76. The van der Waals surface area contributed by atoms with E-state index in [0.29, 0.717) is 50.9 Å². The summed E-state index contributed by atoms with van der Waals surface area (Å²) in [5.74, 6) is 1.56. The molecule has 264 valence electrons. The molecule has 6 nitrogen and oxygen atoms in total. The monoisotopic (exact) mass is 652 g/mol. The normalized spacial score (nSPS) is 15.6. The number of carbonyl (C=O) groups is 6. The van der Waals surface area contributed by atoms with E-state index in [1.165, 1.54) is 12.5 Å². The van der Waals surface area contributed by atoms with Gasteiger partial charge in [-0.2, -0.15) is 0 Å². The zero-order chi connectivity index (χ0) is 35.7. The first-order valence-corrected chi connectivity index (χ1v) is 18.3. The van der Waals surface area contributed by atoms with E-state index in [1.807, 2.05) is 34.6 Å². The van der Waals surface area contributed by atoms with Crippen molar-refractivity contribution in [3.8, 4) is 0 Å². The van der Waals surface area contributed by atoms with E-state index in [9.17, 15) is 28.8 Å². The number of hydrogen-bond acceptors (Lipinski definition) is 6. The summed E-state index contributed by atoms with van der Waals surface area (Å²) in [6.45, 7) is 17.5. The predicted molar refractivity (Wildman–Crippen MR) is 191 cm³/mol. The molecule has 0 bridgehead atoms. The van der Waals surface area contributed by atoms with Crippen LogP contribution < -0.4 is 0 Å². The summed E-state index contributed by atoms with van der Waals surface area (Å²) in [4.78, 5) is 71.4. The third kappa shape index (κ3) is 14.5. The summed E-state index contributed by atoms with van der Waals surface area (Å²) in [5.41, 5.74) is 4.31. The van der Waals surface area contributed by atoms with Crippen molar-refractivity contribution in [3.63, 3.8) is 0 Å². The van der Waals surface area contributed by atoms with Crippen molar-refractivity contribution in [1.29, 1.82) is 0 Å². The second-order valence-corrected chi connectivity index (χ2v) is 14.4. The second-order valence-electron chi connectivity index (χ2n) is 14.4. The van der Waals surface area contributed by atoms with Crippen LogP contribution in [0.3, 0.4) is 0 Å². The van der Waals surface area contributed by atoms with Crippen LogP contribution in [0.4, 0.5) is 0 Å². The van der Waals surface area contributed by atoms with Gasteiger partial charge >= 0.3 is 0 Å². The Bertz CT molecular complexity index is 1170. The van der Waals surface area contributed by atoms with Gasteiger partial charge in [-0.1, -0.05) is 66.5 Å². The summed E-state index contributed by atoms with van der Waals surface area (Å²) in [7, 11) is 0. The van der Waals surface area contributed by atoms with E-state index < -0.39 is 0 Å². The highest BCUT2D eigenvalue weighted by Crippen LogP contribution is 2.37. The van der Waals surface area contributed by atoms with Crippen LogP contribution in [0.1, 0.15) is 172 Å². The van der Waals surface area contributed by atoms with Gasteiger partial charge in [0.05, 0.1) is 6.42 Å². The summed E-state index contributed by atoms with van der Waals surface area (Å²) in [6.07, 6.45) is 11.0. The van der Waals surface area contributed by atoms with Crippen molar-refractivity contribution >= 4 is 34.7 Å². The van der Waals surface area contributed by atoms with Gasteiger partial charge in [0.25, 0.3) is 0 Å². The fraction of sp³-hybridized carbons (Fsp3) is 0.707. The van der Waals surface area contributed by atoms with E-state index in [0.717, 1.165) is 68.1 Å². The number of rotatable bonds is 21. The van der Waals surface area contributed by atoms with Gasteiger partial charge in [0.15, 0.2) is 5.78 Å². The summed E-state index contributed by atoms with van der Waals surface area (Å²) in [5, 5.41) is 0. The van der Waals surface area contributed by atoms with Crippen molar-refractivity contribution in [2.75, 3.05) is 0 Å². The van der Waals surface area contributed by atoms with Crippen molar-refractivity contribution in [2.45, 2.75) is 165 Å². The van der Waals surface area contributed by atoms with Gasteiger partial charge in [-0.15, -0.1) is 0 Å². The zero-order valence-electron chi connectivity index (χ0n) is 31.1. The molecule has 0 spiro atoms. The summed E-state index contributed by atoms with van der Waals surface area (Å²) < 4.78 is 0. The van der Waals surface area contributed by atoms with Crippen LogP contribution in [0.25, 0.3) is 0 Å². The Morgan fingerprint density at radius 1 is 0.809 bits per heavy atom. The van der Waals surface area contributed by atoms with Gasteiger partial charge in [-0.25, -0.2) is 0 Å². The highest BCUT2D eigenvalue weighted by atomic mass is 16.2. The molecule has 1 aliphatic carbocycles. The first-order valence-electron chi connectivity index (χ1n) is 18.3. The van der Waals surface area contributed by atoms with E-state index in [2.05, 4.69) is 32.9 Å². The molecule has 3 atom stereocenters. The van der Waals surface area contributed by atoms with Crippen molar-refractivity contribution in [3.05, 3.63) is 34.4 Å². The van der Waals surface area contributed by atoms with Crippen LogP contribution in [-0.4, -0.2) is 34.7 Å². The molecule has 0 aliphatic heterocycles. The molecule has 0 saturated heterocycles. The number of ketones is 6. The molecule has 1 aromatic carbocycles. The molecule has 3 unspecified atom stereocenters. The second kappa shape index (κ2) is 21.3. The minimum Gasteiger partial charge on any atom is -0.300 e. The number of Topliss-reactive ketones (excluding diaryl/α,β-unsaturated/α-hetero) is 6. The number of hydrogen-bond donors (Lipinski definition) is 0. The molecular weight excluding hydrogens is 588 g/mol. The van der Waals surface area contributed by atoms with Crippen LogP contribution in [0.15, 0.2) is 12.1 Å². The summed E-state index contributed by atoms with van der Waals surface area (Å²) in [6, 6.07) is 4.22. The Kier molecular flexibility index (Phi) is 19.1. The van der Waals surface area contributed by atoms with Crippen LogP contribution in [0, 0.1) is 37.0 Å². The van der Waals surface area contributed by atoms with Crippen LogP contribution in [-0.2, 0) is 30.4 Å². The fourth-order valence-electron chi connectivity index (χ4n) is 7.06. The minimum atomic E-state index is -0.0690. The molecule has 0 saturated carbocycles. The number of benzene rings is 1. The van der Waals surface area contributed by atoms with E-state index in [1.54, 1.807) is 0 Å². The molecule has 0 fully saturated rings. The standard InChI is InChI=1S/C24H34O3.C17H30O3/c1-6-8-19(21(7-2)22(26)11-16(4)25)12-18-13-20-10-9-15(3)17(5)24(20)23(27)14-18;1-5-14(18)8-11-17(4,12-9-15(19)6-2)13-10-16(20)7-3/h9-10,18-19,21H,6-8,11-14H2,1-5H3;5-13H2,1-4H3. The largest absolute Gasteiger partial charge is 0.300 e. The maximum Gasteiger partial charge on any atom is 0.163 e. The maximum absolute atomic E-state index is 12.8. The first kappa shape index (κ1) is 42.3. The van der Waals surface area contributed by atoms with Gasteiger partial charge in [0, 0.05) is 56.4 Å². The van der Waals surface area contributed by atoms with Crippen molar-refractivity contribution in [2.24, 2.45) is 23.2 Å². The molecule has 1 aliphatic rings. The van der Waals surface area contributed by atoms with E-state index in [4.69, 9.17) is 0 Å². The predicted octanol–water partition coefficient (Wildman–Crippen LogP) is 9.70. The SMILES string of the molecule is CCC(=O)CCC(C)(CCC(=O)CC)CCC(=O)CC.CCCC(CC1CC(=O)c2c(ccc(C)c2C)C1)C(CC)C(=O)CC(C)=O. The van der Waals surface area contributed by atoms with Crippen molar-refractivity contribution in [1.82, 2.24) is 0 Å². The van der Waals surface area contributed by atoms with Gasteiger partial charge < -0.3 is 0 Å². The third-order valence-corrected chi connectivity index (χ3v) is 10.4. The smallest absolute Gasteiger partial charge is 0.163 e. The average molecular weight is 653 g/mol. The Balaban J connectivity index is 0.000000494. The highest BCUT2D eigenvalue weighted by molar-refractivity contribution is 6.00. The van der Waals surface area contributed by atoms with Gasteiger partial charge in [0.2, 0.25) is 0 Å². The van der Waals surface area contributed by atoms with Crippen LogP contribution in [0.5, 0.6) is 0 Å². The zero-order valence-corrected chi connectivity index (χ0v) is 31.1. The Morgan fingerprint density at radius 2 is 1.32 bits per heavy atom. The molecule has 0 heterocycles. The van der Waals surface area contributed by atoms with Gasteiger partial charge in [-0.3, -0.25) is 28.8 Å². The third-order valence-electron chi connectivity index (χ3n) is 10.4. The lowest BCUT2D eigenvalue weighted by molar-refractivity contribution is -0.130. The lowest BCUT2D eigenvalue weighted by Crippen LogP contribution is -2.29. The molecule has 0 aromatic heterocycles. The molecule has 0 amide bonds. The lowest BCUT2D eigenvalue weighted by atomic mass is 9.72. The average Bonchev–Trinajstić information content (AvgIpc) is 3.03. The molecule has 0 radical (unpaired) electrons. The number of carbonyl (C=O) groups excluding carboxylic acids is 6. The molecular formula is C41H64O6. The summed E-state index contributed by atoms with van der Waals surface area (Å²) >= 11 is 0. The minimum absolute atomic E-state index is 0.0453. The van der Waals surface area contributed by atoms with Crippen LogP contribution in [0.2, 0.25) is 0 Å². The number of aryl methyl sites for hydroxylation is 1. The van der Waals surface area contributed by atoms with E-state index >= 15 is 0 Å². The molecule has 6 heteroatoms. The van der Waals surface area contributed by atoms with Crippen LogP contribution >= 0.6 is 0 Å². The molecule has 1 aromatic rings. The topological polar surface area (TPSA) is 102 Å². The van der Waals surface area contributed by atoms with E-state index in [-0.39, 0.29) is 58.4 Å². The van der Waals surface area contributed by atoms with Gasteiger partial charge in [-0.05, 0) is 93.2 Å². The molecule has 2 rings (SSSR count). The van der Waals surface area contributed by atoms with Crippen molar-refractivity contribution < 1.29 is 28.8 Å². The first-order chi connectivity index (χ1) is 22.1. The Labute approximate surface area is 285 Å². The van der Waals surface area contributed by atoms with Gasteiger partial charge in [0.1, 0.15) is 28.9 Å².